The standard InChI is InChI=1S/C29H22IN5O/c30-28-32-18-19-16-17-23-25(27(31)36)34-35(26(23)24(19)33-28)29(20-10-4-1-5-11-20,21-12-6-2-7-13-21)22-14-8-3-9-15-22/h1-15,18H,16-17H2,(H2,31,36). The smallest absolute Gasteiger partial charge is 0.269 e. The molecule has 0 fully saturated rings. The highest BCUT2D eigenvalue weighted by molar-refractivity contribution is 14.1. The molecule has 0 aliphatic heterocycles. The van der Waals surface area contributed by atoms with Gasteiger partial charge in [-0.15, -0.1) is 0 Å². The van der Waals surface area contributed by atoms with Crippen molar-refractivity contribution in [1.29, 1.82) is 0 Å². The fourth-order valence-corrected chi connectivity index (χ4v) is 5.69. The highest BCUT2D eigenvalue weighted by Crippen LogP contribution is 2.45. The quantitative estimate of drug-likeness (QED) is 0.180. The Morgan fingerprint density at radius 3 is 1.86 bits per heavy atom. The zero-order valence-electron chi connectivity index (χ0n) is 19.3. The number of primary amides is 1. The highest BCUT2D eigenvalue weighted by Gasteiger charge is 2.44. The molecule has 36 heavy (non-hydrogen) atoms. The van der Waals surface area contributed by atoms with Gasteiger partial charge in [-0.05, 0) is 35.1 Å². The molecule has 6 rings (SSSR count). The first kappa shape index (κ1) is 22.6. The first-order chi connectivity index (χ1) is 17.6. The summed E-state index contributed by atoms with van der Waals surface area (Å²) in [4.78, 5) is 22.0. The number of nitrogens with zero attached hydrogens (tertiary/aromatic N) is 4. The van der Waals surface area contributed by atoms with Crippen LogP contribution in [0.3, 0.4) is 0 Å². The number of fused-ring (bicyclic) bond motifs is 3. The van der Waals surface area contributed by atoms with Gasteiger partial charge in [0, 0.05) is 34.4 Å². The molecule has 2 aromatic heterocycles. The largest absolute Gasteiger partial charge is 0.364 e. The van der Waals surface area contributed by atoms with Crippen LogP contribution >= 0.6 is 22.6 Å². The number of amides is 1. The Labute approximate surface area is 222 Å². The Morgan fingerprint density at radius 1 is 0.833 bits per heavy atom. The molecule has 176 valence electrons. The molecule has 0 saturated carbocycles. The van der Waals surface area contributed by atoms with Crippen molar-refractivity contribution >= 4 is 28.5 Å². The Balaban J connectivity index is 1.82. The van der Waals surface area contributed by atoms with Gasteiger partial charge in [-0.2, -0.15) is 5.10 Å². The number of aromatic nitrogens is 4. The third kappa shape index (κ3) is 3.45. The molecule has 1 amide bonds. The average molecular weight is 583 g/mol. The molecule has 3 aromatic carbocycles. The second-order valence-corrected chi connectivity index (χ2v) is 9.74. The van der Waals surface area contributed by atoms with Crippen LogP contribution in [0.25, 0.3) is 11.4 Å². The minimum atomic E-state index is -0.882. The van der Waals surface area contributed by atoms with Crippen LogP contribution < -0.4 is 5.73 Å². The van der Waals surface area contributed by atoms with Gasteiger partial charge in [0.2, 0.25) is 0 Å². The van der Waals surface area contributed by atoms with Crippen molar-refractivity contribution in [3.05, 3.63) is 135 Å². The average Bonchev–Trinajstić information content (AvgIpc) is 3.32. The lowest BCUT2D eigenvalue weighted by Gasteiger charge is -2.38. The fourth-order valence-electron chi connectivity index (χ4n) is 5.31. The summed E-state index contributed by atoms with van der Waals surface area (Å²) >= 11 is 2.13. The molecule has 1 aliphatic carbocycles. The number of aryl methyl sites for hydroxylation is 1. The summed E-state index contributed by atoms with van der Waals surface area (Å²) in [6.07, 6.45) is 3.24. The molecule has 0 unspecified atom stereocenters. The number of benzene rings is 3. The fraction of sp³-hybridized carbons (Fsp3) is 0.103. The highest BCUT2D eigenvalue weighted by atomic mass is 127. The van der Waals surface area contributed by atoms with E-state index in [1.54, 1.807) is 0 Å². The van der Waals surface area contributed by atoms with E-state index in [0.29, 0.717) is 10.3 Å². The van der Waals surface area contributed by atoms with Gasteiger partial charge >= 0.3 is 0 Å². The van der Waals surface area contributed by atoms with Crippen LogP contribution in [0.1, 0.15) is 38.3 Å². The first-order valence-electron chi connectivity index (χ1n) is 11.7. The lowest BCUT2D eigenvalue weighted by molar-refractivity contribution is 0.0993. The molecule has 0 bridgehead atoms. The Bertz CT molecular complexity index is 1470. The minimum absolute atomic E-state index is 0.288. The normalized spacial score (nSPS) is 12.6. The van der Waals surface area contributed by atoms with Crippen molar-refractivity contribution in [2.75, 3.05) is 0 Å². The topological polar surface area (TPSA) is 86.7 Å². The number of carbonyl (C=O) groups excluding carboxylic acids is 1. The maximum atomic E-state index is 12.7. The van der Waals surface area contributed by atoms with Gasteiger partial charge < -0.3 is 5.73 Å². The van der Waals surface area contributed by atoms with E-state index in [1.807, 2.05) is 65.5 Å². The molecule has 0 saturated heterocycles. The lowest BCUT2D eigenvalue weighted by Crippen LogP contribution is -2.39. The molecule has 2 heterocycles. The lowest BCUT2D eigenvalue weighted by atomic mass is 9.76. The number of nitrogens with two attached hydrogens (primary N) is 1. The van der Waals surface area contributed by atoms with Crippen molar-refractivity contribution < 1.29 is 4.79 Å². The Hall–Kier alpha value is -3.85. The number of rotatable bonds is 5. The summed E-state index contributed by atoms with van der Waals surface area (Å²) in [5.41, 5.74) is 11.8. The maximum Gasteiger partial charge on any atom is 0.269 e. The summed E-state index contributed by atoms with van der Waals surface area (Å²) in [5, 5.41) is 5.00. The third-order valence-electron chi connectivity index (χ3n) is 6.81. The second-order valence-electron chi connectivity index (χ2n) is 8.77. The Kier molecular flexibility index (Phi) is 5.64. The predicted octanol–water partition coefficient (Wildman–Crippen LogP) is 4.98. The molecule has 0 spiro atoms. The van der Waals surface area contributed by atoms with Crippen LogP contribution in [0.5, 0.6) is 0 Å². The molecular formula is C29H22IN5O. The summed E-state index contributed by atoms with van der Waals surface area (Å²) in [6, 6.07) is 30.8. The van der Waals surface area contributed by atoms with E-state index < -0.39 is 11.4 Å². The third-order valence-corrected chi connectivity index (χ3v) is 7.33. The SMILES string of the molecule is NC(=O)c1nn(C(c2ccccc2)(c2ccccc2)c2ccccc2)c2c1CCc1cnc(I)nc1-2. The van der Waals surface area contributed by atoms with E-state index in [2.05, 4.69) is 64.0 Å². The van der Waals surface area contributed by atoms with E-state index in [0.717, 1.165) is 45.6 Å². The van der Waals surface area contributed by atoms with Gasteiger partial charge in [-0.3, -0.25) is 4.79 Å². The minimum Gasteiger partial charge on any atom is -0.364 e. The van der Waals surface area contributed by atoms with Gasteiger partial charge in [0.25, 0.3) is 5.91 Å². The molecule has 0 atom stereocenters. The monoisotopic (exact) mass is 583 g/mol. The van der Waals surface area contributed by atoms with Crippen LogP contribution in [0, 0.1) is 3.83 Å². The summed E-state index contributed by atoms with van der Waals surface area (Å²) in [6.45, 7) is 0. The van der Waals surface area contributed by atoms with Gasteiger partial charge in [0.15, 0.2) is 9.53 Å². The zero-order valence-corrected chi connectivity index (χ0v) is 21.5. The molecular weight excluding hydrogens is 561 g/mol. The molecule has 2 N–H and O–H groups in total. The second kappa shape index (κ2) is 8.98. The summed E-state index contributed by atoms with van der Waals surface area (Å²) in [5.74, 6) is -0.541. The van der Waals surface area contributed by atoms with Crippen LogP contribution in [-0.4, -0.2) is 25.7 Å². The van der Waals surface area contributed by atoms with Gasteiger partial charge in [-0.25, -0.2) is 14.6 Å². The first-order valence-corrected chi connectivity index (χ1v) is 12.8. The molecule has 7 heteroatoms. The van der Waals surface area contributed by atoms with Gasteiger partial charge in [0.05, 0.1) is 11.4 Å². The summed E-state index contributed by atoms with van der Waals surface area (Å²) < 4.78 is 2.61. The van der Waals surface area contributed by atoms with Gasteiger partial charge in [-0.1, -0.05) is 91.0 Å². The van der Waals surface area contributed by atoms with Crippen LogP contribution in [-0.2, 0) is 18.4 Å². The van der Waals surface area contributed by atoms with Crippen molar-refractivity contribution in [2.24, 2.45) is 5.73 Å². The number of halogens is 1. The number of hydrogen-bond donors (Lipinski definition) is 1. The molecule has 5 aromatic rings. The Morgan fingerprint density at radius 2 is 1.36 bits per heavy atom. The van der Waals surface area contributed by atoms with E-state index >= 15 is 0 Å². The van der Waals surface area contributed by atoms with Crippen molar-refractivity contribution in [2.45, 2.75) is 18.4 Å². The van der Waals surface area contributed by atoms with Crippen molar-refractivity contribution in [1.82, 2.24) is 19.7 Å². The van der Waals surface area contributed by atoms with E-state index in [9.17, 15) is 4.79 Å². The van der Waals surface area contributed by atoms with Crippen LogP contribution in [0.2, 0.25) is 0 Å². The summed E-state index contributed by atoms with van der Waals surface area (Å²) in [7, 11) is 0. The molecule has 0 radical (unpaired) electrons. The number of hydrogen-bond acceptors (Lipinski definition) is 4. The molecule has 6 nitrogen and oxygen atoms in total. The van der Waals surface area contributed by atoms with E-state index in [4.69, 9.17) is 15.8 Å². The number of carbonyl (C=O) groups is 1. The van der Waals surface area contributed by atoms with E-state index in [-0.39, 0.29) is 5.69 Å². The zero-order chi connectivity index (χ0) is 24.7. The van der Waals surface area contributed by atoms with Gasteiger partial charge in [0.1, 0.15) is 5.54 Å². The predicted molar refractivity (Wildman–Crippen MR) is 147 cm³/mol. The van der Waals surface area contributed by atoms with Crippen LogP contribution in [0.4, 0.5) is 0 Å². The molecule has 1 aliphatic rings. The van der Waals surface area contributed by atoms with Crippen LogP contribution in [0.15, 0.2) is 97.2 Å². The maximum absolute atomic E-state index is 12.7. The van der Waals surface area contributed by atoms with Crippen molar-refractivity contribution in [3.63, 3.8) is 0 Å². The van der Waals surface area contributed by atoms with Crippen molar-refractivity contribution in [3.8, 4) is 11.4 Å². The van der Waals surface area contributed by atoms with E-state index in [1.165, 1.54) is 0 Å².